The second-order valence-corrected chi connectivity index (χ2v) is 13.8. The molecule has 1 aliphatic rings. The smallest absolute Gasteiger partial charge is 0.255 e. The second kappa shape index (κ2) is 18.2. The lowest BCUT2D eigenvalue weighted by atomic mass is 10.0. The summed E-state index contributed by atoms with van der Waals surface area (Å²) in [5.41, 5.74) is 7.20. The molecule has 51 heavy (non-hydrogen) atoms. The van der Waals surface area contributed by atoms with Crippen LogP contribution in [-0.2, 0) is 46.9 Å². The SMILES string of the molecule is Cc1cccc(NC(=O)CCCc2ccc(CCNCc3ccc(OCc4scc5c4CN(C(C)CCC(=O)NC=O)C5=O)cc3)cc2)c1C=O. The molecular formula is C40H44N4O6S. The minimum Gasteiger partial charge on any atom is -0.488 e. The fourth-order valence-corrected chi connectivity index (χ4v) is 7.03. The number of nitrogens with one attached hydrogen (secondary N) is 3. The molecule has 0 bridgehead atoms. The van der Waals surface area contributed by atoms with Crippen molar-refractivity contribution in [3.8, 4) is 5.75 Å². The Kier molecular flexibility index (Phi) is 13.3. The fraction of sp³-hybridized carbons (Fsp3) is 0.325. The molecule has 1 aliphatic heterocycles. The van der Waals surface area contributed by atoms with Crippen LogP contribution in [0.4, 0.5) is 5.69 Å². The molecule has 4 amide bonds. The summed E-state index contributed by atoms with van der Waals surface area (Å²) >= 11 is 1.53. The van der Waals surface area contributed by atoms with Crippen molar-refractivity contribution in [1.82, 2.24) is 15.5 Å². The minimum atomic E-state index is -0.347. The number of imide groups is 1. The molecule has 4 aromatic rings. The number of nitrogens with zero attached hydrogens (tertiary/aromatic N) is 1. The predicted octanol–water partition coefficient (Wildman–Crippen LogP) is 6.14. The first-order chi connectivity index (χ1) is 24.7. The minimum absolute atomic E-state index is 0.0331. The van der Waals surface area contributed by atoms with Gasteiger partial charge in [0.05, 0.1) is 11.3 Å². The van der Waals surface area contributed by atoms with E-state index in [0.29, 0.717) is 49.2 Å². The van der Waals surface area contributed by atoms with Crippen LogP contribution in [-0.4, -0.2) is 47.9 Å². The van der Waals surface area contributed by atoms with Gasteiger partial charge in [0, 0.05) is 53.4 Å². The van der Waals surface area contributed by atoms with E-state index in [1.54, 1.807) is 11.0 Å². The third kappa shape index (κ3) is 10.2. The molecule has 1 unspecified atom stereocenters. The highest BCUT2D eigenvalue weighted by Gasteiger charge is 2.34. The molecule has 0 fully saturated rings. The first kappa shape index (κ1) is 37.1. The zero-order valence-electron chi connectivity index (χ0n) is 29.0. The number of aldehydes is 1. The Hall–Kier alpha value is -5.13. The number of hydrogen-bond donors (Lipinski definition) is 3. The first-order valence-electron chi connectivity index (χ1n) is 17.2. The highest BCUT2D eigenvalue weighted by Crippen LogP contribution is 2.34. The van der Waals surface area contributed by atoms with Gasteiger partial charge in [-0.3, -0.25) is 29.3 Å². The third-order valence-corrected chi connectivity index (χ3v) is 10.2. The number of benzene rings is 3. The molecule has 0 spiro atoms. The maximum Gasteiger partial charge on any atom is 0.255 e. The standard InChI is InChI=1S/C40H44N4O6S/c1-27-5-3-7-36(34(27)23-45)43-39(48)8-4-6-29-10-12-30(13-11-29)19-20-41-21-31-14-16-32(17-15-31)50-24-37-33-22-44(40(49)35(33)25-51-37)28(2)9-18-38(47)42-26-46/h3,5,7,10-17,23,25-26,28,41H,4,6,8-9,18-22,24H2,1-2H3,(H,43,48)(H,42,46,47). The normalized spacial score (nSPS) is 12.7. The molecule has 1 aromatic heterocycles. The van der Waals surface area contributed by atoms with E-state index in [-0.39, 0.29) is 30.2 Å². The van der Waals surface area contributed by atoms with Gasteiger partial charge in [0.15, 0.2) is 6.29 Å². The lowest BCUT2D eigenvalue weighted by Gasteiger charge is -2.24. The average molecular weight is 709 g/mol. The third-order valence-electron chi connectivity index (χ3n) is 9.16. The number of amides is 4. The number of anilines is 1. The van der Waals surface area contributed by atoms with E-state index in [1.165, 1.54) is 22.5 Å². The van der Waals surface area contributed by atoms with Gasteiger partial charge in [0.1, 0.15) is 12.4 Å². The quantitative estimate of drug-likeness (QED) is 0.0788. The van der Waals surface area contributed by atoms with Crippen molar-refractivity contribution in [3.63, 3.8) is 0 Å². The number of thiophene rings is 1. The molecule has 1 atom stereocenters. The Morgan fingerprint density at radius 3 is 2.39 bits per heavy atom. The zero-order chi connectivity index (χ0) is 36.2. The summed E-state index contributed by atoms with van der Waals surface area (Å²) in [6, 6.07) is 21.8. The van der Waals surface area contributed by atoms with Crippen molar-refractivity contribution < 1.29 is 28.7 Å². The van der Waals surface area contributed by atoms with Gasteiger partial charge < -0.3 is 20.3 Å². The van der Waals surface area contributed by atoms with Gasteiger partial charge in [0.25, 0.3) is 5.91 Å². The van der Waals surface area contributed by atoms with E-state index < -0.39 is 0 Å². The molecule has 10 nitrogen and oxygen atoms in total. The summed E-state index contributed by atoms with van der Waals surface area (Å²) in [7, 11) is 0. The van der Waals surface area contributed by atoms with Gasteiger partial charge in [-0.2, -0.15) is 0 Å². The Morgan fingerprint density at radius 1 is 0.941 bits per heavy atom. The van der Waals surface area contributed by atoms with Crippen molar-refractivity contribution in [2.24, 2.45) is 0 Å². The van der Waals surface area contributed by atoms with Crippen LogP contribution in [0.2, 0.25) is 0 Å². The van der Waals surface area contributed by atoms with Crippen LogP contribution in [0.25, 0.3) is 0 Å². The largest absolute Gasteiger partial charge is 0.488 e. The molecule has 11 heteroatoms. The molecule has 266 valence electrons. The number of hydrogen-bond acceptors (Lipinski definition) is 8. The van der Waals surface area contributed by atoms with E-state index in [0.717, 1.165) is 66.0 Å². The Morgan fingerprint density at radius 2 is 1.67 bits per heavy atom. The van der Waals surface area contributed by atoms with Crippen molar-refractivity contribution in [3.05, 3.63) is 116 Å². The van der Waals surface area contributed by atoms with Crippen LogP contribution in [0.1, 0.15) is 86.0 Å². The van der Waals surface area contributed by atoms with E-state index >= 15 is 0 Å². The van der Waals surface area contributed by atoms with Crippen LogP contribution >= 0.6 is 11.3 Å². The summed E-state index contributed by atoms with van der Waals surface area (Å²) in [5, 5.41) is 10.4. The summed E-state index contributed by atoms with van der Waals surface area (Å²) in [6.45, 7) is 6.21. The Labute approximate surface area is 302 Å². The highest BCUT2D eigenvalue weighted by molar-refractivity contribution is 7.10. The number of rotatable bonds is 19. The zero-order valence-corrected chi connectivity index (χ0v) is 29.9. The lowest BCUT2D eigenvalue weighted by Crippen LogP contribution is -2.34. The van der Waals surface area contributed by atoms with Crippen LogP contribution < -0.4 is 20.7 Å². The van der Waals surface area contributed by atoms with Crippen molar-refractivity contribution in [1.29, 1.82) is 0 Å². The molecule has 3 aromatic carbocycles. The molecule has 3 N–H and O–H groups in total. The molecular weight excluding hydrogens is 665 g/mol. The number of ether oxygens (including phenoxy) is 1. The first-order valence-corrected chi connectivity index (χ1v) is 18.1. The molecule has 0 aliphatic carbocycles. The van der Waals surface area contributed by atoms with Crippen LogP contribution in [0.3, 0.4) is 0 Å². The molecule has 0 saturated heterocycles. The van der Waals surface area contributed by atoms with Crippen LogP contribution in [0.5, 0.6) is 5.75 Å². The van der Waals surface area contributed by atoms with Gasteiger partial charge in [0.2, 0.25) is 18.2 Å². The van der Waals surface area contributed by atoms with E-state index in [1.807, 2.05) is 55.6 Å². The van der Waals surface area contributed by atoms with Gasteiger partial charge in [-0.1, -0.05) is 48.5 Å². The maximum atomic E-state index is 13.0. The predicted molar refractivity (Wildman–Crippen MR) is 198 cm³/mol. The van der Waals surface area contributed by atoms with Gasteiger partial charge in [-0.15, -0.1) is 11.3 Å². The van der Waals surface area contributed by atoms with Crippen molar-refractivity contribution in [2.75, 3.05) is 11.9 Å². The maximum absolute atomic E-state index is 13.0. The van der Waals surface area contributed by atoms with E-state index in [9.17, 15) is 24.0 Å². The van der Waals surface area contributed by atoms with Crippen molar-refractivity contribution in [2.45, 2.75) is 78.1 Å². The van der Waals surface area contributed by atoms with E-state index in [2.05, 4.69) is 40.2 Å². The number of carbonyl (C=O) groups excluding carboxylic acids is 5. The van der Waals surface area contributed by atoms with Crippen LogP contribution in [0.15, 0.2) is 72.1 Å². The van der Waals surface area contributed by atoms with Gasteiger partial charge in [-0.05, 0) is 86.5 Å². The summed E-state index contributed by atoms with van der Waals surface area (Å²) < 4.78 is 6.08. The molecule has 5 rings (SSSR count). The average Bonchev–Trinajstić information content (AvgIpc) is 3.69. The molecule has 0 saturated carbocycles. The number of aryl methyl sites for hydroxylation is 2. The van der Waals surface area contributed by atoms with Gasteiger partial charge in [-0.25, -0.2) is 0 Å². The van der Waals surface area contributed by atoms with Crippen molar-refractivity contribution >= 4 is 47.4 Å². The monoisotopic (exact) mass is 708 g/mol. The Bertz CT molecular complexity index is 1840. The number of fused-ring (bicyclic) bond motifs is 1. The second-order valence-electron chi connectivity index (χ2n) is 12.8. The lowest BCUT2D eigenvalue weighted by molar-refractivity contribution is -0.125. The Balaban J connectivity index is 0.978. The molecule has 0 radical (unpaired) electrons. The van der Waals surface area contributed by atoms with E-state index in [4.69, 9.17) is 4.74 Å². The number of carbonyl (C=O) groups is 5. The highest BCUT2D eigenvalue weighted by atomic mass is 32.1. The van der Waals surface area contributed by atoms with Crippen LogP contribution in [0, 0.1) is 6.92 Å². The topological polar surface area (TPSA) is 134 Å². The van der Waals surface area contributed by atoms with Gasteiger partial charge >= 0.3 is 0 Å². The summed E-state index contributed by atoms with van der Waals surface area (Å²) in [6.07, 6.45) is 4.64. The molecule has 2 heterocycles. The summed E-state index contributed by atoms with van der Waals surface area (Å²) in [5.74, 6) is 0.289. The fourth-order valence-electron chi connectivity index (χ4n) is 6.09. The summed E-state index contributed by atoms with van der Waals surface area (Å²) in [4.78, 5) is 61.7.